The summed E-state index contributed by atoms with van der Waals surface area (Å²) in [5.41, 5.74) is -0.283. The minimum Gasteiger partial charge on any atom is -0.385 e. The maximum Gasteiger partial charge on any atom is 0.142 e. The Balaban J connectivity index is 2.33. The fourth-order valence-corrected chi connectivity index (χ4v) is 3.17. The number of benzene rings is 1. The predicted octanol–water partition coefficient (Wildman–Crippen LogP) is 3.42. The van der Waals surface area contributed by atoms with Gasteiger partial charge in [0.25, 0.3) is 0 Å². The number of rotatable bonds is 3. The zero-order valence-corrected chi connectivity index (χ0v) is 12.3. The molecule has 0 unspecified atom stereocenters. The van der Waals surface area contributed by atoms with E-state index in [4.69, 9.17) is 11.6 Å². The lowest BCUT2D eigenvalue weighted by Gasteiger charge is -2.41. The predicted molar refractivity (Wildman–Crippen MR) is 75.8 cm³/mol. The molecule has 1 aliphatic carbocycles. The van der Waals surface area contributed by atoms with Gasteiger partial charge in [-0.05, 0) is 44.6 Å². The topological polar surface area (TPSA) is 23.5 Å². The van der Waals surface area contributed by atoms with E-state index in [2.05, 4.69) is 4.90 Å². The molecule has 106 valence electrons. The van der Waals surface area contributed by atoms with E-state index in [1.165, 1.54) is 12.1 Å². The van der Waals surface area contributed by atoms with E-state index in [1.54, 1.807) is 6.07 Å². The Morgan fingerprint density at radius 1 is 1.42 bits per heavy atom. The molecule has 1 aromatic rings. The Bertz CT molecular complexity index is 452. The second kappa shape index (κ2) is 5.78. The van der Waals surface area contributed by atoms with Crippen LogP contribution in [0, 0.1) is 11.7 Å². The molecular weight excluding hydrogens is 265 g/mol. The van der Waals surface area contributed by atoms with Crippen LogP contribution in [-0.2, 0) is 5.60 Å². The number of aliphatic hydroxyl groups is 1. The molecule has 0 amide bonds. The van der Waals surface area contributed by atoms with Gasteiger partial charge in [-0.2, -0.15) is 0 Å². The molecule has 0 aromatic heterocycles. The van der Waals surface area contributed by atoms with Crippen LogP contribution < -0.4 is 0 Å². The van der Waals surface area contributed by atoms with Gasteiger partial charge in [0.05, 0.1) is 10.6 Å². The van der Waals surface area contributed by atoms with Gasteiger partial charge in [0.15, 0.2) is 0 Å². The van der Waals surface area contributed by atoms with Crippen LogP contribution in [0.1, 0.15) is 31.2 Å². The van der Waals surface area contributed by atoms with Crippen molar-refractivity contribution in [2.75, 3.05) is 20.6 Å². The standard InChI is InChI=1S/C15H21ClFNO/c1-18(2)10-12-5-3-4-8-15(12,19)11-6-7-13(16)14(17)9-11/h6-7,9,12,19H,3-5,8,10H2,1-2H3/t12-,15+/m0/s1. The first-order chi connectivity index (χ1) is 8.93. The molecule has 2 nitrogen and oxygen atoms in total. The van der Waals surface area contributed by atoms with E-state index in [-0.39, 0.29) is 10.9 Å². The van der Waals surface area contributed by atoms with Crippen LogP contribution in [0.5, 0.6) is 0 Å². The van der Waals surface area contributed by atoms with E-state index >= 15 is 0 Å². The van der Waals surface area contributed by atoms with E-state index in [9.17, 15) is 9.50 Å². The lowest BCUT2D eigenvalue weighted by atomic mass is 9.71. The van der Waals surface area contributed by atoms with Gasteiger partial charge in [0.1, 0.15) is 5.82 Å². The fraction of sp³-hybridized carbons (Fsp3) is 0.600. The van der Waals surface area contributed by atoms with Gasteiger partial charge >= 0.3 is 0 Å². The second-order valence-electron chi connectivity index (χ2n) is 5.76. The van der Waals surface area contributed by atoms with Crippen molar-refractivity contribution in [2.24, 2.45) is 5.92 Å². The molecule has 0 bridgehead atoms. The lowest BCUT2D eigenvalue weighted by molar-refractivity contribution is -0.0620. The zero-order valence-electron chi connectivity index (χ0n) is 11.5. The van der Waals surface area contributed by atoms with Crippen LogP contribution in [-0.4, -0.2) is 30.6 Å². The quantitative estimate of drug-likeness (QED) is 0.920. The average Bonchev–Trinajstić information content (AvgIpc) is 2.35. The summed E-state index contributed by atoms with van der Waals surface area (Å²) < 4.78 is 13.6. The summed E-state index contributed by atoms with van der Waals surface area (Å²) in [6.45, 7) is 0.806. The number of hydrogen-bond donors (Lipinski definition) is 1. The third kappa shape index (κ3) is 3.10. The average molecular weight is 286 g/mol. The van der Waals surface area contributed by atoms with E-state index in [0.717, 1.165) is 25.8 Å². The van der Waals surface area contributed by atoms with Crippen molar-refractivity contribution in [2.45, 2.75) is 31.3 Å². The summed E-state index contributed by atoms with van der Waals surface area (Å²) in [4.78, 5) is 2.08. The first kappa shape index (κ1) is 14.8. The number of nitrogens with zero attached hydrogens (tertiary/aromatic N) is 1. The number of hydrogen-bond acceptors (Lipinski definition) is 2. The monoisotopic (exact) mass is 285 g/mol. The Labute approximate surface area is 119 Å². The van der Waals surface area contributed by atoms with Crippen LogP contribution in [0.4, 0.5) is 4.39 Å². The molecule has 1 fully saturated rings. The SMILES string of the molecule is CN(C)C[C@@H]1CCCC[C@@]1(O)c1ccc(Cl)c(F)c1. The Kier molecular flexibility index (Phi) is 4.49. The third-order valence-corrected chi connectivity index (χ3v) is 4.35. The first-order valence-corrected chi connectivity index (χ1v) is 7.14. The molecular formula is C15H21ClFNO. The third-order valence-electron chi connectivity index (χ3n) is 4.04. The summed E-state index contributed by atoms with van der Waals surface area (Å²) in [5.74, 6) is -0.321. The van der Waals surface area contributed by atoms with E-state index in [1.807, 2.05) is 14.1 Å². The Morgan fingerprint density at radius 2 is 2.16 bits per heavy atom. The summed E-state index contributed by atoms with van der Waals surface area (Å²) in [6, 6.07) is 4.67. The molecule has 2 atom stereocenters. The summed E-state index contributed by atoms with van der Waals surface area (Å²) >= 11 is 5.72. The van der Waals surface area contributed by atoms with Crippen molar-refractivity contribution >= 4 is 11.6 Å². The molecule has 0 saturated heterocycles. The van der Waals surface area contributed by atoms with Crippen molar-refractivity contribution in [3.63, 3.8) is 0 Å². The van der Waals surface area contributed by atoms with Crippen LogP contribution in [0.25, 0.3) is 0 Å². The minimum atomic E-state index is -0.937. The van der Waals surface area contributed by atoms with E-state index in [0.29, 0.717) is 12.0 Å². The zero-order chi connectivity index (χ0) is 14.0. The van der Waals surface area contributed by atoms with Crippen LogP contribution >= 0.6 is 11.6 Å². The highest BCUT2D eigenvalue weighted by Gasteiger charge is 2.40. The molecule has 0 heterocycles. The molecule has 1 aliphatic rings. The highest BCUT2D eigenvalue weighted by molar-refractivity contribution is 6.30. The van der Waals surface area contributed by atoms with Crippen LogP contribution in [0.2, 0.25) is 5.02 Å². The van der Waals surface area contributed by atoms with Gasteiger partial charge in [0, 0.05) is 12.5 Å². The molecule has 2 rings (SSSR count). The van der Waals surface area contributed by atoms with Crippen LogP contribution in [0.15, 0.2) is 18.2 Å². The molecule has 4 heteroatoms. The van der Waals surface area contributed by atoms with Crippen molar-refractivity contribution in [1.29, 1.82) is 0 Å². The highest BCUT2D eigenvalue weighted by Crippen LogP contribution is 2.42. The molecule has 1 saturated carbocycles. The second-order valence-corrected chi connectivity index (χ2v) is 6.17. The molecule has 0 spiro atoms. The maximum atomic E-state index is 13.6. The van der Waals surface area contributed by atoms with Crippen LogP contribution in [0.3, 0.4) is 0 Å². The Morgan fingerprint density at radius 3 is 2.79 bits per heavy atom. The lowest BCUT2D eigenvalue weighted by Crippen LogP contribution is -2.43. The largest absolute Gasteiger partial charge is 0.385 e. The van der Waals surface area contributed by atoms with Gasteiger partial charge in [-0.15, -0.1) is 0 Å². The fourth-order valence-electron chi connectivity index (χ4n) is 3.06. The summed E-state index contributed by atoms with van der Waals surface area (Å²) in [6.07, 6.45) is 3.76. The molecule has 0 radical (unpaired) electrons. The minimum absolute atomic E-state index is 0.104. The summed E-state index contributed by atoms with van der Waals surface area (Å²) in [7, 11) is 3.99. The van der Waals surface area contributed by atoms with Gasteiger partial charge in [-0.25, -0.2) is 4.39 Å². The van der Waals surface area contributed by atoms with Gasteiger partial charge < -0.3 is 10.0 Å². The summed E-state index contributed by atoms with van der Waals surface area (Å²) in [5, 5.41) is 11.1. The van der Waals surface area contributed by atoms with Gasteiger partial charge in [-0.3, -0.25) is 0 Å². The van der Waals surface area contributed by atoms with Crippen molar-refractivity contribution in [1.82, 2.24) is 4.90 Å². The van der Waals surface area contributed by atoms with Gasteiger partial charge in [0.2, 0.25) is 0 Å². The number of halogens is 2. The Hall–Kier alpha value is -0.640. The molecule has 1 N–H and O–H groups in total. The molecule has 0 aliphatic heterocycles. The van der Waals surface area contributed by atoms with Gasteiger partial charge in [-0.1, -0.05) is 30.5 Å². The molecule has 1 aromatic carbocycles. The smallest absolute Gasteiger partial charge is 0.142 e. The maximum absolute atomic E-state index is 13.6. The van der Waals surface area contributed by atoms with E-state index < -0.39 is 11.4 Å². The van der Waals surface area contributed by atoms with Crippen molar-refractivity contribution in [3.8, 4) is 0 Å². The highest BCUT2D eigenvalue weighted by atomic mass is 35.5. The first-order valence-electron chi connectivity index (χ1n) is 6.76. The molecule has 19 heavy (non-hydrogen) atoms. The van der Waals surface area contributed by atoms with Crippen molar-refractivity contribution in [3.05, 3.63) is 34.6 Å². The normalized spacial score (nSPS) is 27.8. The van der Waals surface area contributed by atoms with Crippen molar-refractivity contribution < 1.29 is 9.50 Å².